The Bertz CT molecular complexity index is 359. The van der Waals surface area contributed by atoms with Crippen LogP contribution in [0.15, 0.2) is 29.2 Å². The van der Waals surface area contributed by atoms with E-state index in [0.717, 1.165) is 17.7 Å². The van der Waals surface area contributed by atoms with Crippen LogP contribution in [0.5, 0.6) is 0 Å². The molecule has 3 heteroatoms. The Morgan fingerprint density at radius 1 is 1.24 bits per heavy atom. The largest absolute Gasteiger partial charge is 0.330 e. The molecule has 2 N–H and O–H groups in total. The minimum absolute atomic E-state index is 0.185. The molecule has 0 bridgehead atoms. The van der Waals surface area contributed by atoms with Gasteiger partial charge < -0.3 is 5.73 Å². The van der Waals surface area contributed by atoms with Gasteiger partial charge in [-0.25, -0.2) is 0 Å². The normalized spacial score (nSPS) is 14.9. The van der Waals surface area contributed by atoms with Crippen LogP contribution < -0.4 is 5.73 Å². The molecule has 2 atom stereocenters. The Morgan fingerprint density at radius 3 is 2.24 bits per heavy atom. The highest BCUT2D eigenvalue weighted by Crippen LogP contribution is 2.20. The Kier molecular flexibility index (Phi) is 5.86. The molecule has 0 amide bonds. The third kappa shape index (κ3) is 3.93. The third-order valence-corrected chi connectivity index (χ3v) is 4.94. The second-order valence-electron chi connectivity index (χ2n) is 4.63. The average Bonchev–Trinajstić information content (AvgIpc) is 2.35. The summed E-state index contributed by atoms with van der Waals surface area (Å²) in [7, 11) is -0.923. The molecule has 0 radical (unpaired) electrons. The summed E-state index contributed by atoms with van der Waals surface area (Å²) in [6.07, 6.45) is 1.74. The van der Waals surface area contributed by atoms with E-state index in [1.807, 2.05) is 12.1 Å². The molecule has 2 nitrogen and oxygen atoms in total. The molecular weight excluding hydrogens is 230 g/mol. The van der Waals surface area contributed by atoms with Gasteiger partial charge in [0.05, 0.1) is 10.8 Å². The van der Waals surface area contributed by atoms with Crippen LogP contribution in [0.1, 0.15) is 45.1 Å². The molecule has 0 aliphatic carbocycles. The number of hydrogen-bond acceptors (Lipinski definition) is 2. The molecule has 0 saturated heterocycles. The van der Waals surface area contributed by atoms with Crippen molar-refractivity contribution in [3.05, 3.63) is 29.8 Å². The van der Waals surface area contributed by atoms with E-state index in [1.54, 1.807) is 0 Å². The van der Waals surface area contributed by atoms with E-state index in [0.29, 0.717) is 12.5 Å². The number of rotatable bonds is 6. The highest BCUT2D eigenvalue weighted by molar-refractivity contribution is 7.85. The van der Waals surface area contributed by atoms with Crippen molar-refractivity contribution < 1.29 is 4.21 Å². The van der Waals surface area contributed by atoms with Crippen molar-refractivity contribution in [1.29, 1.82) is 0 Å². The monoisotopic (exact) mass is 253 g/mol. The van der Waals surface area contributed by atoms with E-state index in [2.05, 4.69) is 32.9 Å². The van der Waals surface area contributed by atoms with Crippen molar-refractivity contribution in [1.82, 2.24) is 0 Å². The standard InChI is InChI=1S/C14H23NOS/c1-4-13(9-10-15)17(16)14-7-5-12(6-8-14)11(2)3/h5-8,11,13H,4,9-10,15H2,1-3H3. The Balaban J connectivity index is 2.81. The first-order chi connectivity index (χ1) is 8.10. The van der Waals surface area contributed by atoms with Crippen LogP contribution >= 0.6 is 0 Å². The molecule has 1 aromatic rings. The molecule has 0 saturated carbocycles. The summed E-state index contributed by atoms with van der Waals surface area (Å²) in [6, 6.07) is 8.13. The maximum Gasteiger partial charge on any atom is 0.0561 e. The molecule has 1 rings (SSSR count). The van der Waals surface area contributed by atoms with Crippen molar-refractivity contribution in [2.24, 2.45) is 5.73 Å². The molecule has 0 spiro atoms. The Hall–Kier alpha value is -0.670. The first kappa shape index (κ1) is 14.4. The van der Waals surface area contributed by atoms with E-state index in [-0.39, 0.29) is 5.25 Å². The van der Waals surface area contributed by atoms with E-state index < -0.39 is 10.8 Å². The molecule has 0 aliphatic rings. The lowest BCUT2D eigenvalue weighted by Crippen LogP contribution is -2.18. The second-order valence-corrected chi connectivity index (χ2v) is 6.36. The molecule has 96 valence electrons. The molecule has 1 aromatic carbocycles. The van der Waals surface area contributed by atoms with E-state index in [4.69, 9.17) is 5.73 Å². The van der Waals surface area contributed by atoms with Gasteiger partial charge >= 0.3 is 0 Å². The van der Waals surface area contributed by atoms with Gasteiger partial charge in [-0.15, -0.1) is 0 Å². The van der Waals surface area contributed by atoms with Gasteiger partial charge in [0, 0.05) is 10.1 Å². The summed E-state index contributed by atoms with van der Waals surface area (Å²) in [5.41, 5.74) is 6.84. The van der Waals surface area contributed by atoms with Gasteiger partial charge in [-0.2, -0.15) is 0 Å². The first-order valence-corrected chi connectivity index (χ1v) is 7.52. The summed E-state index contributed by atoms with van der Waals surface area (Å²) >= 11 is 0. The zero-order valence-corrected chi connectivity index (χ0v) is 11.8. The van der Waals surface area contributed by atoms with Crippen LogP contribution in [0.3, 0.4) is 0 Å². The smallest absolute Gasteiger partial charge is 0.0561 e. The Morgan fingerprint density at radius 2 is 1.82 bits per heavy atom. The minimum atomic E-state index is -0.923. The lowest BCUT2D eigenvalue weighted by atomic mass is 10.0. The third-order valence-electron chi connectivity index (χ3n) is 3.03. The highest BCUT2D eigenvalue weighted by atomic mass is 32.2. The van der Waals surface area contributed by atoms with Gasteiger partial charge in [-0.1, -0.05) is 32.9 Å². The molecule has 2 unspecified atom stereocenters. The predicted octanol–water partition coefficient (Wildman–Crippen LogP) is 3.05. The minimum Gasteiger partial charge on any atom is -0.330 e. The zero-order valence-electron chi connectivity index (χ0n) is 11.0. The first-order valence-electron chi connectivity index (χ1n) is 6.30. The van der Waals surface area contributed by atoms with Crippen molar-refractivity contribution in [3.63, 3.8) is 0 Å². The van der Waals surface area contributed by atoms with Gasteiger partial charge in [0.25, 0.3) is 0 Å². The summed E-state index contributed by atoms with van der Waals surface area (Å²) < 4.78 is 12.3. The highest BCUT2D eigenvalue weighted by Gasteiger charge is 2.15. The van der Waals surface area contributed by atoms with Crippen molar-refractivity contribution >= 4 is 10.8 Å². The van der Waals surface area contributed by atoms with Crippen LogP contribution in [-0.2, 0) is 10.8 Å². The van der Waals surface area contributed by atoms with Crippen LogP contribution in [0.25, 0.3) is 0 Å². The maximum absolute atomic E-state index is 12.3. The summed E-state index contributed by atoms with van der Waals surface area (Å²) in [4.78, 5) is 0.926. The zero-order chi connectivity index (χ0) is 12.8. The molecule has 0 aliphatic heterocycles. The van der Waals surface area contributed by atoms with Gasteiger partial charge in [0.2, 0.25) is 0 Å². The summed E-state index contributed by atoms with van der Waals surface area (Å²) in [5.74, 6) is 0.517. The summed E-state index contributed by atoms with van der Waals surface area (Å²) in [6.45, 7) is 7.00. The lowest BCUT2D eigenvalue weighted by molar-refractivity contribution is 0.650. The molecule has 17 heavy (non-hydrogen) atoms. The van der Waals surface area contributed by atoms with Gasteiger partial charge in [0.15, 0.2) is 0 Å². The SMILES string of the molecule is CCC(CCN)S(=O)c1ccc(C(C)C)cc1. The van der Waals surface area contributed by atoms with Gasteiger partial charge in [0.1, 0.15) is 0 Å². The fourth-order valence-electron chi connectivity index (χ4n) is 1.83. The number of hydrogen-bond donors (Lipinski definition) is 1. The Labute approximate surface area is 107 Å². The fraction of sp³-hybridized carbons (Fsp3) is 0.571. The van der Waals surface area contributed by atoms with Crippen molar-refractivity contribution in [3.8, 4) is 0 Å². The second kappa shape index (κ2) is 6.92. The topological polar surface area (TPSA) is 43.1 Å². The summed E-state index contributed by atoms with van der Waals surface area (Å²) in [5, 5.41) is 0.185. The van der Waals surface area contributed by atoms with Crippen LogP contribution in [0.4, 0.5) is 0 Å². The van der Waals surface area contributed by atoms with Crippen LogP contribution in [0.2, 0.25) is 0 Å². The van der Waals surface area contributed by atoms with Crippen LogP contribution in [-0.4, -0.2) is 16.0 Å². The maximum atomic E-state index is 12.3. The van der Waals surface area contributed by atoms with Gasteiger partial charge in [-0.3, -0.25) is 4.21 Å². The lowest BCUT2D eigenvalue weighted by Gasteiger charge is -2.14. The molecule has 0 heterocycles. The number of nitrogens with two attached hydrogens (primary N) is 1. The van der Waals surface area contributed by atoms with E-state index in [9.17, 15) is 4.21 Å². The quantitative estimate of drug-likeness (QED) is 0.846. The van der Waals surface area contributed by atoms with Crippen molar-refractivity contribution in [2.75, 3.05) is 6.54 Å². The predicted molar refractivity (Wildman–Crippen MR) is 74.7 cm³/mol. The van der Waals surface area contributed by atoms with Crippen LogP contribution in [0, 0.1) is 0 Å². The fourth-order valence-corrected chi connectivity index (χ4v) is 3.27. The molecule has 0 aromatic heterocycles. The molecular formula is C14H23NOS. The molecule has 0 fully saturated rings. The van der Waals surface area contributed by atoms with Gasteiger partial charge in [-0.05, 0) is 43.0 Å². The number of benzene rings is 1. The van der Waals surface area contributed by atoms with E-state index >= 15 is 0 Å². The average molecular weight is 253 g/mol. The van der Waals surface area contributed by atoms with E-state index in [1.165, 1.54) is 5.56 Å². The van der Waals surface area contributed by atoms with Crippen molar-refractivity contribution in [2.45, 2.75) is 49.7 Å².